The number of hydrogen-bond acceptors (Lipinski definition) is 9. The third-order valence-corrected chi connectivity index (χ3v) is 8.89. The smallest absolute Gasteiger partial charge is 0.413 e. The third-order valence-electron chi connectivity index (χ3n) is 7.25. The molecule has 2 aromatic rings. The number of pyridine rings is 1. The number of benzene rings is 1. The van der Waals surface area contributed by atoms with Crippen LogP contribution in [0.5, 0.6) is 5.75 Å². The number of carbonyl (C=O) groups excluding carboxylic acids is 2. The molecule has 13 heteroatoms. The number of halogens is 1. The fourth-order valence-corrected chi connectivity index (χ4v) is 6.58. The van der Waals surface area contributed by atoms with E-state index in [-0.39, 0.29) is 23.0 Å². The largest absolute Gasteiger partial charge is 0.459 e. The van der Waals surface area contributed by atoms with Crippen molar-refractivity contribution < 1.29 is 42.5 Å². The van der Waals surface area contributed by atoms with Crippen LogP contribution in [0.3, 0.4) is 0 Å². The lowest BCUT2D eigenvalue weighted by Gasteiger charge is -2.26. The molecule has 1 aromatic carbocycles. The van der Waals surface area contributed by atoms with E-state index in [1.54, 1.807) is 37.3 Å². The number of nitrogens with zero attached hydrogens (tertiary/aromatic N) is 1. The summed E-state index contributed by atoms with van der Waals surface area (Å²) in [6.07, 6.45) is 0.955. The Hall–Kier alpha value is -2.73. The molecule has 1 amide bonds. The van der Waals surface area contributed by atoms with Gasteiger partial charge in [-0.15, -0.1) is 0 Å². The van der Waals surface area contributed by atoms with Crippen molar-refractivity contribution in [1.29, 1.82) is 0 Å². The van der Waals surface area contributed by atoms with Crippen molar-refractivity contribution in [3.63, 3.8) is 0 Å². The molecule has 2 fully saturated rings. The van der Waals surface area contributed by atoms with Crippen LogP contribution in [0.4, 0.5) is 4.39 Å². The summed E-state index contributed by atoms with van der Waals surface area (Å²) >= 11 is 0. The van der Waals surface area contributed by atoms with Crippen LogP contribution >= 0.6 is 7.75 Å². The molecule has 1 aliphatic carbocycles. The monoisotopic (exact) mass is 579 g/mol. The highest BCUT2D eigenvalue weighted by Gasteiger charge is 2.46. The van der Waals surface area contributed by atoms with Gasteiger partial charge in [-0.1, -0.05) is 50.3 Å². The second-order valence-electron chi connectivity index (χ2n) is 10.2. The second-order valence-corrected chi connectivity index (χ2v) is 11.9. The summed E-state index contributed by atoms with van der Waals surface area (Å²) in [5, 5.41) is 23.9. The molecule has 6 atom stereocenters. The van der Waals surface area contributed by atoms with Gasteiger partial charge in [-0.2, -0.15) is 0 Å². The normalized spacial score (nSPS) is 25.7. The maximum atomic E-state index is 14.8. The van der Waals surface area contributed by atoms with Crippen molar-refractivity contribution in [3.05, 3.63) is 59.7 Å². The summed E-state index contributed by atoms with van der Waals surface area (Å²) in [7, 11) is -4.21. The van der Waals surface area contributed by atoms with Crippen LogP contribution in [-0.2, 0) is 18.6 Å². The van der Waals surface area contributed by atoms with Gasteiger partial charge in [-0.3, -0.25) is 14.1 Å². The number of ether oxygens (including phenoxy) is 1. The molecule has 5 N–H and O–H groups in total. The van der Waals surface area contributed by atoms with E-state index in [4.69, 9.17) is 19.5 Å². The highest BCUT2D eigenvalue weighted by molar-refractivity contribution is 7.52. The first-order valence-electron chi connectivity index (χ1n) is 13.3. The summed E-state index contributed by atoms with van der Waals surface area (Å²) in [6, 6.07) is 8.55. The molecule has 4 rings (SSSR count). The van der Waals surface area contributed by atoms with Crippen LogP contribution in [0.1, 0.15) is 67.6 Å². The van der Waals surface area contributed by atoms with Gasteiger partial charge < -0.3 is 25.2 Å². The van der Waals surface area contributed by atoms with Gasteiger partial charge in [0.05, 0.1) is 12.6 Å². The van der Waals surface area contributed by atoms with E-state index in [1.807, 2.05) is 0 Å². The molecule has 1 saturated carbocycles. The van der Waals surface area contributed by atoms with Gasteiger partial charge in [0.1, 0.15) is 35.9 Å². The average Bonchev–Trinajstić information content (AvgIpc) is 3.21. The zero-order chi connectivity index (χ0) is 28.9. The molecule has 0 bridgehead atoms. The summed E-state index contributed by atoms with van der Waals surface area (Å²) in [6.45, 7) is 1.05. The van der Waals surface area contributed by atoms with E-state index in [2.05, 4.69) is 10.1 Å². The Morgan fingerprint density at radius 1 is 1.18 bits per heavy atom. The van der Waals surface area contributed by atoms with Crippen molar-refractivity contribution >= 4 is 19.4 Å². The minimum absolute atomic E-state index is 0.126. The van der Waals surface area contributed by atoms with E-state index in [0.717, 1.165) is 38.3 Å². The molecule has 1 aromatic heterocycles. The molecule has 1 aliphatic heterocycles. The third kappa shape index (κ3) is 7.31. The Morgan fingerprint density at radius 2 is 1.88 bits per heavy atom. The number of carbonyl (C=O) groups is 2. The number of aromatic nitrogens is 1. The SMILES string of the molecule is C[C@H](NP(=O)(OC[C@H]1O[C@@H](c2ccnc(C(N)=O)c2F)[C@H](O)[C@@H]1O)Oc1ccccc1)C(=O)CC1CCCCC1. The minimum Gasteiger partial charge on any atom is -0.413 e. The van der Waals surface area contributed by atoms with Crippen LogP contribution in [0.15, 0.2) is 42.6 Å². The molecule has 2 heterocycles. The molecule has 0 spiro atoms. The first-order valence-corrected chi connectivity index (χ1v) is 14.9. The number of hydrogen-bond donors (Lipinski definition) is 4. The van der Waals surface area contributed by atoms with Gasteiger partial charge in [0, 0.05) is 18.2 Å². The lowest BCUT2D eigenvalue weighted by molar-refractivity contribution is -0.121. The van der Waals surface area contributed by atoms with Crippen molar-refractivity contribution in [2.75, 3.05) is 6.61 Å². The van der Waals surface area contributed by atoms with Gasteiger partial charge in [-0.25, -0.2) is 19.0 Å². The predicted octanol–water partition coefficient (Wildman–Crippen LogP) is 3.20. The average molecular weight is 580 g/mol. The van der Waals surface area contributed by atoms with E-state index < -0.39 is 62.2 Å². The van der Waals surface area contributed by atoms with Gasteiger partial charge in [0.15, 0.2) is 11.5 Å². The Kier molecular flexibility index (Phi) is 10.0. The number of para-hydroxylation sites is 1. The Bertz CT molecular complexity index is 1230. The van der Waals surface area contributed by atoms with Gasteiger partial charge in [0.25, 0.3) is 5.91 Å². The van der Waals surface area contributed by atoms with Crippen LogP contribution in [0, 0.1) is 11.7 Å². The van der Waals surface area contributed by atoms with Crippen LogP contribution in [0.2, 0.25) is 0 Å². The Morgan fingerprint density at radius 3 is 2.55 bits per heavy atom. The highest BCUT2D eigenvalue weighted by Crippen LogP contribution is 2.46. The van der Waals surface area contributed by atoms with Gasteiger partial charge in [0.2, 0.25) is 0 Å². The Labute approximate surface area is 231 Å². The van der Waals surface area contributed by atoms with Crippen molar-refractivity contribution in [2.45, 2.75) is 75.9 Å². The molecular weight excluding hydrogens is 544 g/mol. The van der Waals surface area contributed by atoms with E-state index >= 15 is 0 Å². The lowest BCUT2D eigenvalue weighted by atomic mass is 9.85. The zero-order valence-electron chi connectivity index (χ0n) is 22.1. The first-order chi connectivity index (χ1) is 19.1. The lowest BCUT2D eigenvalue weighted by Crippen LogP contribution is -2.37. The summed E-state index contributed by atoms with van der Waals surface area (Å²) in [4.78, 5) is 28.0. The fraction of sp³-hybridized carbons (Fsp3) is 0.519. The van der Waals surface area contributed by atoms with Crippen molar-refractivity contribution in [3.8, 4) is 5.75 Å². The molecule has 2 aliphatic rings. The van der Waals surface area contributed by atoms with E-state index in [0.29, 0.717) is 6.42 Å². The van der Waals surface area contributed by atoms with E-state index in [9.17, 15) is 28.8 Å². The number of rotatable bonds is 12. The molecule has 218 valence electrons. The number of nitrogens with two attached hydrogens (primary N) is 1. The van der Waals surface area contributed by atoms with Crippen molar-refractivity contribution in [2.24, 2.45) is 11.7 Å². The number of Topliss-reactive ketones (excluding diaryl/α,β-unsaturated/α-hetero) is 1. The number of ketones is 1. The molecule has 1 saturated heterocycles. The van der Waals surface area contributed by atoms with Crippen LogP contribution in [-0.4, -0.2) is 57.8 Å². The number of amides is 1. The van der Waals surface area contributed by atoms with E-state index in [1.165, 1.54) is 6.07 Å². The predicted molar refractivity (Wildman–Crippen MR) is 142 cm³/mol. The number of aliphatic hydroxyl groups excluding tert-OH is 2. The number of primary amides is 1. The maximum Gasteiger partial charge on any atom is 0.459 e. The standard InChI is InChI=1S/C27H35FN3O8P/c1-16(20(32)14-17-8-4-2-5-9-17)31-40(36,39-18-10-6-3-7-11-18)37-15-21-24(33)25(34)26(38-21)19-12-13-30-23(22(19)28)27(29)35/h3,6-7,10-13,16-17,21,24-26,33-34H,2,4-5,8-9,14-15H2,1H3,(H2,29,35)(H,31,36)/t16-,21+,24+,25+,26-,40?/m0/s1. The Balaban J connectivity index is 1.46. The number of aliphatic hydroxyl groups is 2. The summed E-state index contributed by atoms with van der Waals surface area (Å²) in [5.41, 5.74) is 4.28. The van der Waals surface area contributed by atoms with Gasteiger partial charge >= 0.3 is 7.75 Å². The number of nitrogens with one attached hydrogen (secondary N) is 1. The van der Waals surface area contributed by atoms with Crippen LogP contribution in [0.25, 0.3) is 0 Å². The van der Waals surface area contributed by atoms with Crippen LogP contribution < -0.4 is 15.3 Å². The first kappa shape index (κ1) is 30.2. The zero-order valence-corrected chi connectivity index (χ0v) is 23.0. The highest BCUT2D eigenvalue weighted by atomic mass is 31.2. The second kappa shape index (κ2) is 13.3. The minimum atomic E-state index is -4.21. The summed E-state index contributed by atoms with van der Waals surface area (Å²) in [5.74, 6) is -1.82. The molecule has 11 nitrogen and oxygen atoms in total. The topological polar surface area (TPSA) is 170 Å². The maximum absolute atomic E-state index is 14.8. The van der Waals surface area contributed by atoms with Crippen molar-refractivity contribution in [1.82, 2.24) is 10.1 Å². The fourth-order valence-electron chi connectivity index (χ4n) is 5.04. The molecular formula is C27H35FN3O8P. The summed E-state index contributed by atoms with van der Waals surface area (Å²) < 4.78 is 45.6. The quantitative estimate of drug-likeness (QED) is 0.274. The van der Waals surface area contributed by atoms with Gasteiger partial charge in [-0.05, 0) is 31.0 Å². The molecule has 1 unspecified atom stereocenters. The molecule has 40 heavy (non-hydrogen) atoms. The molecule has 0 radical (unpaired) electrons.